The molecule has 0 spiro atoms. The van der Waals surface area contributed by atoms with Gasteiger partial charge in [-0.05, 0) is 37.8 Å². The molecule has 27 heavy (non-hydrogen) atoms. The number of hydrogen-bond acceptors (Lipinski definition) is 4. The highest BCUT2D eigenvalue weighted by Gasteiger charge is 2.40. The van der Waals surface area contributed by atoms with Gasteiger partial charge in [0.2, 0.25) is 15.9 Å². The molecule has 0 aliphatic carbocycles. The van der Waals surface area contributed by atoms with Crippen molar-refractivity contribution < 1.29 is 23.1 Å². The Morgan fingerprint density at radius 3 is 2.37 bits per heavy atom. The number of amides is 1. The topological polar surface area (TPSA) is 104 Å². The van der Waals surface area contributed by atoms with Crippen LogP contribution in [0, 0.1) is 5.41 Å². The number of benzene rings is 1. The number of carbonyl (C=O) groups is 2. The largest absolute Gasteiger partial charge is 0.481 e. The average Bonchev–Trinajstić information content (AvgIpc) is 2.69. The number of carboxylic acids is 1. The highest BCUT2D eigenvalue weighted by Crippen LogP contribution is 2.28. The molecule has 1 aromatic rings. The molecule has 0 aromatic heterocycles. The SMILES string of the molecule is CCC(CC)(CNC(=O)C1CCCCN1S(=O)(=O)c1ccccc1)C(=O)O. The van der Waals surface area contributed by atoms with Crippen molar-refractivity contribution in [2.45, 2.75) is 56.9 Å². The van der Waals surface area contributed by atoms with Crippen molar-refractivity contribution in [3.05, 3.63) is 30.3 Å². The van der Waals surface area contributed by atoms with Gasteiger partial charge in [-0.1, -0.05) is 38.5 Å². The third-order valence-electron chi connectivity index (χ3n) is 5.51. The van der Waals surface area contributed by atoms with Gasteiger partial charge in [0.25, 0.3) is 0 Å². The molecule has 1 fully saturated rings. The van der Waals surface area contributed by atoms with Crippen LogP contribution >= 0.6 is 0 Å². The van der Waals surface area contributed by atoms with E-state index in [2.05, 4.69) is 5.32 Å². The molecule has 1 atom stereocenters. The lowest BCUT2D eigenvalue weighted by molar-refractivity contribution is -0.149. The predicted molar refractivity (Wildman–Crippen MR) is 102 cm³/mol. The third kappa shape index (κ3) is 4.50. The summed E-state index contributed by atoms with van der Waals surface area (Å²) in [6.07, 6.45) is 2.64. The zero-order valence-corrected chi connectivity index (χ0v) is 16.7. The van der Waals surface area contributed by atoms with E-state index in [9.17, 15) is 23.1 Å². The number of nitrogens with zero attached hydrogens (tertiary/aromatic N) is 1. The Morgan fingerprint density at radius 1 is 1.19 bits per heavy atom. The molecule has 0 bridgehead atoms. The van der Waals surface area contributed by atoms with Crippen molar-refractivity contribution in [2.24, 2.45) is 5.41 Å². The van der Waals surface area contributed by atoms with Crippen LogP contribution in [-0.4, -0.2) is 48.8 Å². The van der Waals surface area contributed by atoms with Crippen molar-refractivity contribution in [3.63, 3.8) is 0 Å². The van der Waals surface area contributed by atoms with Gasteiger partial charge < -0.3 is 10.4 Å². The van der Waals surface area contributed by atoms with Crippen molar-refractivity contribution in [1.29, 1.82) is 0 Å². The van der Waals surface area contributed by atoms with Crippen LogP contribution < -0.4 is 5.32 Å². The van der Waals surface area contributed by atoms with Crippen LogP contribution in [0.5, 0.6) is 0 Å². The monoisotopic (exact) mass is 396 g/mol. The number of rotatable bonds is 8. The fraction of sp³-hybridized carbons (Fsp3) is 0.579. The number of hydrogen-bond donors (Lipinski definition) is 2. The average molecular weight is 397 g/mol. The first-order valence-corrected chi connectivity index (χ1v) is 10.8. The third-order valence-corrected chi connectivity index (χ3v) is 7.44. The van der Waals surface area contributed by atoms with Crippen molar-refractivity contribution >= 4 is 21.9 Å². The minimum atomic E-state index is -3.78. The Kier molecular flexibility index (Phi) is 7.00. The number of carboxylic acid groups (broad SMARTS) is 1. The summed E-state index contributed by atoms with van der Waals surface area (Å²) >= 11 is 0. The van der Waals surface area contributed by atoms with Crippen LogP contribution in [0.1, 0.15) is 46.0 Å². The fourth-order valence-corrected chi connectivity index (χ4v) is 5.11. The van der Waals surface area contributed by atoms with Crippen LogP contribution in [0.15, 0.2) is 35.2 Å². The Balaban J connectivity index is 2.19. The van der Waals surface area contributed by atoms with E-state index in [1.165, 1.54) is 16.4 Å². The van der Waals surface area contributed by atoms with Gasteiger partial charge in [-0.2, -0.15) is 4.31 Å². The van der Waals surface area contributed by atoms with E-state index in [1.807, 2.05) is 0 Å². The second-order valence-electron chi connectivity index (χ2n) is 6.95. The predicted octanol–water partition coefficient (Wildman–Crippen LogP) is 2.24. The minimum Gasteiger partial charge on any atom is -0.481 e. The van der Waals surface area contributed by atoms with Crippen LogP contribution in [-0.2, 0) is 19.6 Å². The molecule has 8 heteroatoms. The van der Waals surface area contributed by atoms with Gasteiger partial charge >= 0.3 is 5.97 Å². The number of piperidine rings is 1. The lowest BCUT2D eigenvalue weighted by atomic mass is 9.82. The first-order chi connectivity index (χ1) is 12.8. The molecular weight excluding hydrogens is 368 g/mol. The standard InChI is InChI=1S/C19H28N2O5S/c1-3-19(4-2,18(23)24)14-20-17(22)16-12-8-9-13-21(16)27(25,26)15-10-6-5-7-11-15/h5-7,10-11,16H,3-4,8-9,12-14H2,1-2H3,(H,20,22)(H,23,24). The molecule has 1 unspecified atom stereocenters. The van der Waals surface area contributed by atoms with Crippen molar-refractivity contribution in [2.75, 3.05) is 13.1 Å². The molecule has 1 aliphatic heterocycles. The molecule has 0 saturated carbocycles. The van der Waals surface area contributed by atoms with Crippen LogP contribution in [0.3, 0.4) is 0 Å². The van der Waals surface area contributed by atoms with Crippen molar-refractivity contribution in [1.82, 2.24) is 9.62 Å². The van der Waals surface area contributed by atoms with E-state index >= 15 is 0 Å². The molecule has 2 N–H and O–H groups in total. The highest BCUT2D eigenvalue weighted by molar-refractivity contribution is 7.89. The van der Waals surface area contributed by atoms with Crippen LogP contribution in [0.4, 0.5) is 0 Å². The second-order valence-corrected chi connectivity index (χ2v) is 8.84. The highest BCUT2D eigenvalue weighted by atomic mass is 32.2. The van der Waals surface area contributed by atoms with E-state index < -0.39 is 33.4 Å². The summed E-state index contributed by atoms with van der Waals surface area (Å²) in [5.41, 5.74) is -1.03. The molecule has 1 amide bonds. The number of sulfonamides is 1. The Hall–Kier alpha value is -1.93. The van der Waals surface area contributed by atoms with E-state index in [0.717, 1.165) is 6.42 Å². The summed E-state index contributed by atoms with van der Waals surface area (Å²) < 4.78 is 27.2. The van der Waals surface area contributed by atoms with Gasteiger partial charge in [0, 0.05) is 13.1 Å². The summed E-state index contributed by atoms with van der Waals surface area (Å²) in [6.45, 7) is 3.82. The van der Waals surface area contributed by atoms with Gasteiger partial charge in [0.15, 0.2) is 0 Å². The fourth-order valence-electron chi connectivity index (χ4n) is 3.43. The lowest BCUT2D eigenvalue weighted by Crippen LogP contribution is -2.54. The number of nitrogens with one attached hydrogen (secondary N) is 1. The number of carbonyl (C=O) groups excluding carboxylic acids is 1. The molecule has 1 saturated heterocycles. The number of aliphatic carboxylic acids is 1. The van der Waals surface area contributed by atoms with Crippen LogP contribution in [0.2, 0.25) is 0 Å². The molecule has 7 nitrogen and oxygen atoms in total. The molecule has 150 valence electrons. The maximum Gasteiger partial charge on any atom is 0.311 e. The summed E-state index contributed by atoms with van der Waals surface area (Å²) in [4.78, 5) is 24.6. The van der Waals surface area contributed by atoms with E-state index in [4.69, 9.17) is 0 Å². The Bertz CT molecular complexity index is 760. The molecule has 1 heterocycles. The summed E-state index contributed by atoms with van der Waals surface area (Å²) in [7, 11) is -3.78. The summed E-state index contributed by atoms with van der Waals surface area (Å²) in [5, 5.41) is 12.2. The second kappa shape index (κ2) is 8.84. The quantitative estimate of drug-likeness (QED) is 0.701. The van der Waals surface area contributed by atoms with Gasteiger partial charge in [-0.3, -0.25) is 9.59 Å². The van der Waals surface area contributed by atoms with Gasteiger partial charge in [0.05, 0.1) is 10.3 Å². The summed E-state index contributed by atoms with van der Waals surface area (Å²) in [6, 6.07) is 7.25. The molecule has 1 aromatic carbocycles. The van der Waals surface area contributed by atoms with E-state index in [0.29, 0.717) is 25.7 Å². The van der Waals surface area contributed by atoms with E-state index in [1.54, 1.807) is 32.0 Å². The first-order valence-electron chi connectivity index (χ1n) is 9.36. The zero-order valence-electron chi connectivity index (χ0n) is 15.8. The van der Waals surface area contributed by atoms with E-state index in [-0.39, 0.29) is 18.0 Å². The first kappa shape index (κ1) is 21.4. The van der Waals surface area contributed by atoms with Gasteiger partial charge in [-0.15, -0.1) is 0 Å². The maximum absolute atomic E-state index is 13.0. The Morgan fingerprint density at radius 2 is 1.81 bits per heavy atom. The Labute approximate surface area is 160 Å². The molecule has 2 rings (SSSR count). The van der Waals surface area contributed by atoms with Crippen LogP contribution in [0.25, 0.3) is 0 Å². The van der Waals surface area contributed by atoms with Gasteiger partial charge in [-0.25, -0.2) is 8.42 Å². The zero-order chi connectivity index (χ0) is 20.1. The normalized spacial score (nSPS) is 18.8. The van der Waals surface area contributed by atoms with Gasteiger partial charge in [0.1, 0.15) is 6.04 Å². The smallest absolute Gasteiger partial charge is 0.311 e. The molecule has 0 radical (unpaired) electrons. The van der Waals surface area contributed by atoms with Crippen molar-refractivity contribution in [3.8, 4) is 0 Å². The maximum atomic E-state index is 13.0. The lowest BCUT2D eigenvalue weighted by Gasteiger charge is -2.35. The summed E-state index contributed by atoms with van der Waals surface area (Å²) in [5.74, 6) is -1.38. The molecular formula is C19H28N2O5S. The minimum absolute atomic E-state index is 0.0100. The molecule has 1 aliphatic rings.